The van der Waals surface area contributed by atoms with Crippen molar-refractivity contribution in [2.24, 2.45) is 0 Å². The molecule has 324 valence electrons. The van der Waals surface area contributed by atoms with Crippen LogP contribution in [0.15, 0.2) is 194 Å². The monoisotopic (exact) mass is 1050 g/mol. The van der Waals surface area contributed by atoms with Gasteiger partial charge in [-0.1, -0.05) is 42.5 Å². The second kappa shape index (κ2) is 15.0. The van der Waals surface area contributed by atoms with E-state index in [1.54, 1.807) is 6.07 Å². The summed E-state index contributed by atoms with van der Waals surface area (Å²) in [6.45, 7) is 3.61. The molecule has 0 amide bonds. The molecular formula is C59H44BN5OPt. The Hall–Kier alpha value is -7.47. The molecule has 0 saturated heterocycles. The van der Waals surface area contributed by atoms with Gasteiger partial charge in [0, 0.05) is 11.3 Å². The van der Waals surface area contributed by atoms with Gasteiger partial charge in [0.15, 0.2) is 0 Å². The third kappa shape index (κ3) is 6.14. The molecule has 0 atom stereocenters. The molecule has 67 heavy (non-hydrogen) atoms. The van der Waals surface area contributed by atoms with Crippen LogP contribution in [0.3, 0.4) is 0 Å². The van der Waals surface area contributed by atoms with Gasteiger partial charge in [-0.2, -0.15) is 0 Å². The van der Waals surface area contributed by atoms with Gasteiger partial charge in [0.05, 0.1) is 0 Å². The van der Waals surface area contributed by atoms with Crippen molar-refractivity contribution in [3.63, 3.8) is 0 Å². The number of hydrogen-bond donors (Lipinski definition) is 0. The van der Waals surface area contributed by atoms with E-state index in [4.69, 9.17) is 17.9 Å². The van der Waals surface area contributed by atoms with Crippen LogP contribution in [0.1, 0.15) is 42.9 Å². The zero-order valence-electron chi connectivity index (χ0n) is 44.6. The van der Waals surface area contributed by atoms with Crippen LogP contribution in [0.2, 0.25) is 0 Å². The van der Waals surface area contributed by atoms with Crippen LogP contribution >= 0.6 is 0 Å². The Morgan fingerprint density at radius 3 is 1.97 bits per heavy atom. The maximum atomic E-state index is 9.25. The van der Waals surface area contributed by atoms with Crippen LogP contribution in [0.5, 0.6) is 11.6 Å². The summed E-state index contributed by atoms with van der Waals surface area (Å²) < 4.78 is 82.0. The minimum atomic E-state index is -2.62. The third-order valence-electron chi connectivity index (χ3n) is 13.2. The first-order valence-electron chi connectivity index (χ1n) is 26.2. The molecule has 6 nitrogen and oxygen atoms in total. The molecule has 0 fully saturated rings. The number of aromatic nitrogens is 3. The van der Waals surface area contributed by atoms with Crippen LogP contribution < -0.4 is 19.8 Å². The molecule has 0 N–H and O–H groups in total. The number of pyridine rings is 1. The van der Waals surface area contributed by atoms with Crippen LogP contribution in [0.25, 0.3) is 66.9 Å². The molecule has 5 heterocycles. The third-order valence-corrected chi connectivity index (χ3v) is 14.3. The second-order valence-electron chi connectivity index (χ2n) is 18.2. The minimum absolute atomic E-state index is 0.0348. The average molecular weight is 1050 g/mol. The molecule has 8 aromatic carbocycles. The number of ether oxygens (including phenoxy) is 1. The molecule has 3 aliphatic heterocycles. The van der Waals surface area contributed by atoms with Gasteiger partial charge in [0.25, 0.3) is 0 Å². The normalized spacial score (nSPS) is 15.0. The summed E-state index contributed by atoms with van der Waals surface area (Å²) in [7, 11) is 0. The molecule has 0 saturated carbocycles. The number of fused-ring (bicyclic) bond motifs is 10. The van der Waals surface area contributed by atoms with Gasteiger partial charge in [-0.3, -0.25) is 0 Å². The molecule has 0 unspecified atom stereocenters. The van der Waals surface area contributed by atoms with Gasteiger partial charge in [-0.05, 0) is 17.7 Å². The molecule has 10 aromatic rings. The van der Waals surface area contributed by atoms with Crippen molar-refractivity contribution >= 4 is 46.4 Å². The molecule has 8 heteroatoms. The number of anilines is 4. The summed E-state index contributed by atoms with van der Waals surface area (Å²) in [5, 5.41) is 0. The van der Waals surface area contributed by atoms with Crippen molar-refractivity contribution in [3.05, 3.63) is 209 Å². The van der Waals surface area contributed by atoms with Crippen molar-refractivity contribution in [1.82, 2.24) is 14.1 Å². The number of nitrogens with zero attached hydrogens (tertiary/aromatic N) is 5. The maximum absolute atomic E-state index is 9.25. The predicted molar refractivity (Wildman–Crippen MR) is 271 cm³/mol. The van der Waals surface area contributed by atoms with E-state index in [-0.39, 0.29) is 29.1 Å². The summed E-state index contributed by atoms with van der Waals surface area (Å²) in [5.74, 6) is 1.75. The molecule has 3 aliphatic rings. The standard InChI is InChI=1S/C59H44BN5O.Pt/c1-38-34-48(39-16-6-5-7-17-39)57(49(35-38)40-28-30-41(31-29-40)59(2,3)4)63-37-62(51-24-10-11-25-52(51)63)42-18-14-19-43(36-42)66-55-33-32-47-46-22-15-21-45-44-20-8-9-23-50(44)64-53-26-12-13-27-54(53)65(58(47)61-55)60(64)56(45)46;/h5-36H,1-4H3;/i1D3,5D,6D,7D,16D,17D;. The van der Waals surface area contributed by atoms with Gasteiger partial charge in [0.2, 0.25) is 0 Å². The summed E-state index contributed by atoms with van der Waals surface area (Å²) in [6, 6.07) is 51.8. The first kappa shape index (κ1) is 32.2. The Labute approximate surface area is 412 Å². The Kier molecular flexibility index (Phi) is 7.23. The number of benzene rings is 8. The molecule has 2 aromatic heterocycles. The van der Waals surface area contributed by atoms with E-state index in [2.05, 4.69) is 127 Å². The summed E-state index contributed by atoms with van der Waals surface area (Å²) in [6.07, 6.45) is 0. The van der Waals surface area contributed by atoms with Crippen LogP contribution in [0.4, 0.5) is 22.9 Å². The summed E-state index contributed by atoms with van der Waals surface area (Å²) in [4.78, 5) is 10.1. The molecule has 0 spiro atoms. The van der Waals surface area contributed by atoms with E-state index in [1.807, 2.05) is 83.4 Å². The Morgan fingerprint density at radius 1 is 0.582 bits per heavy atom. The summed E-state index contributed by atoms with van der Waals surface area (Å²) >= 11 is 2.26. The Bertz CT molecular complexity index is 4120. The van der Waals surface area contributed by atoms with Crippen LogP contribution in [-0.4, -0.2) is 21.1 Å². The van der Waals surface area contributed by atoms with Gasteiger partial charge in [0.1, 0.15) is 0 Å². The Morgan fingerprint density at radius 2 is 1.22 bits per heavy atom. The topological polar surface area (TPSA) is 38.5 Å². The average Bonchev–Trinajstić information content (AvgIpc) is 3.94. The number of para-hydroxylation sites is 5. The Balaban J connectivity index is 0.979. The first-order chi connectivity index (χ1) is 36.0. The quantitative estimate of drug-likeness (QED) is 0.156. The van der Waals surface area contributed by atoms with Crippen LogP contribution in [0, 0.1) is 10.7 Å². The van der Waals surface area contributed by atoms with E-state index in [0.29, 0.717) is 32.2 Å². The van der Waals surface area contributed by atoms with Crippen molar-refractivity contribution in [2.75, 3.05) is 9.62 Å². The van der Waals surface area contributed by atoms with E-state index < -0.39 is 37.1 Å². The molecule has 0 bridgehead atoms. The van der Waals surface area contributed by atoms with E-state index in [9.17, 15) is 2.74 Å². The number of imidazole rings is 1. The fourth-order valence-corrected chi connectivity index (χ4v) is 11.4. The van der Waals surface area contributed by atoms with E-state index in [0.717, 1.165) is 56.3 Å². The van der Waals surface area contributed by atoms with Crippen LogP contribution in [-0.2, 0) is 24.8 Å². The molecular weight excluding hydrogens is 1000 g/mol. The SMILES string of the molecule is [2H]c1c([2H])c([2H])c(-c2cc(C([2H])([2H])[2H])cc(-c3ccc(C(C)(C)C)cc3)c2-n2[c](=[Pt])n(-c3cccc(Oc4ccc5c(n4)N4B6c7c(cccc7-5)-c5ccccc5N6c5ccccc54)c3)c3ccccc32)c([2H])c1[2H]. The van der Waals surface area contributed by atoms with Crippen molar-refractivity contribution < 1.29 is 35.1 Å². The molecule has 0 aliphatic carbocycles. The van der Waals surface area contributed by atoms with Crippen molar-refractivity contribution in [1.29, 1.82) is 0 Å². The van der Waals surface area contributed by atoms with Gasteiger partial charge in [-0.25, -0.2) is 0 Å². The fourth-order valence-electron chi connectivity index (χ4n) is 10.3. The number of aryl methyl sites for hydroxylation is 1. The van der Waals surface area contributed by atoms with Gasteiger partial charge in [-0.15, -0.1) is 0 Å². The van der Waals surface area contributed by atoms with Crippen molar-refractivity contribution in [3.8, 4) is 67.5 Å². The zero-order chi connectivity index (χ0) is 52.0. The predicted octanol–water partition coefficient (Wildman–Crippen LogP) is 14.3. The second-order valence-corrected chi connectivity index (χ2v) is 19.2. The number of rotatable bonds is 6. The fraction of sp³-hybridized carbons (Fsp3) is 0.0847. The van der Waals surface area contributed by atoms with Crippen molar-refractivity contribution in [2.45, 2.75) is 33.0 Å². The van der Waals surface area contributed by atoms with E-state index in [1.165, 1.54) is 22.7 Å². The zero-order valence-corrected chi connectivity index (χ0v) is 38.9. The van der Waals surface area contributed by atoms with Gasteiger partial charge >= 0.3 is 343 Å². The molecule has 0 radical (unpaired) electrons. The number of hydrogen-bond acceptors (Lipinski definition) is 4. The van der Waals surface area contributed by atoms with E-state index >= 15 is 0 Å². The first-order valence-corrected chi connectivity index (χ1v) is 23.4. The summed E-state index contributed by atoms with van der Waals surface area (Å²) in [5.41, 5.74) is 13.9. The molecule has 13 rings (SSSR count). The van der Waals surface area contributed by atoms with Gasteiger partial charge < -0.3 is 0 Å².